The number of amides is 1. The van der Waals surface area contributed by atoms with Crippen LogP contribution in [0.5, 0.6) is 0 Å². The first-order valence-electron chi connectivity index (χ1n) is 7.44. The molecular formula is C16H18N4O3S. The van der Waals surface area contributed by atoms with E-state index in [1.807, 2.05) is 24.5 Å². The second-order valence-electron chi connectivity index (χ2n) is 6.29. The number of nitrogens with zero attached hydrogens (tertiary/aromatic N) is 1. The number of nitrogens with one attached hydrogen (secondary N) is 3. The van der Waals surface area contributed by atoms with Crippen LogP contribution in [-0.2, 0) is 11.3 Å². The quantitative estimate of drug-likeness (QED) is 0.679. The fourth-order valence-corrected chi connectivity index (χ4v) is 3.15. The molecule has 0 aliphatic rings. The summed E-state index contributed by atoms with van der Waals surface area (Å²) in [6, 6.07) is 3.80. The van der Waals surface area contributed by atoms with Gasteiger partial charge in [-0.3, -0.25) is 4.79 Å². The third-order valence-electron chi connectivity index (χ3n) is 3.11. The number of hydrogen-bond donors (Lipinski definition) is 3. The molecule has 3 aromatic rings. The molecule has 0 unspecified atom stereocenters. The summed E-state index contributed by atoms with van der Waals surface area (Å²) >= 11 is 1.38. The number of fused-ring (bicyclic) bond motifs is 1. The Morgan fingerprint density at radius 2 is 2.21 bits per heavy atom. The second-order valence-corrected chi connectivity index (χ2v) is 7.34. The van der Waals surface area contributed by atoms with Crippen LogP contribution in [0.2, 0.25) is 0 Å². The Morgan fingerprint density at radius 3 is 2.88 bits per heavy atom. The van der Waals surface area contributed by atoms with E-state index in [1.54, 1.807) is 20.8 Å². The van der Waals surface area contributed by atoms with Crippen LogP contribution in [0.25, 0.3) is 20.7 Å². The van der Waals surface area contributed by atoms with Gasteiger partial charge < -0.3 is 20.0 Å². The Bertz CT molecular complexity index is 919. The van der Waals surface area contributed by atoms with Gasteiger partial charge in [-0.05, 0) is 32.9 Å². The molecule has 0 saturated carbocycles. The van der Waals surface area contributed by atoms with E-state index < -0.39 is 11.7 Å². The molecule has 0 bridgehead atoms. The molecule has 0 radical (unpaired) electrons. The third kappa shape index (κ3) is 3.65. The van der Waals surface area contributed by atoms with E-state index in [0.29, 0.717) is 16.0 Å². The van der Waals surface area contributed by atoms with Crippen LogP contribution in [0.3, 0.4) is 0 Å². The minimum absolute atomic E-state index is 0.0927. The molecule has 3 aromatic heterocycles. The van der Waals surface area contributed by atoms with Crippen LogP contribution in [0.4, 0.5) is 4.79 Å². The van der Waals surface area contributed by atoms with Gasteiger partial charge in [-0.15, -0.1) is 11.3 Å². The lowest BCUT2D eigenvalue weighted by molar-refractivity contribution is 0.0522. The van der Waals surface area contributed by atoms with Gasteiger partial charge in [-0.2, -0.15) is 0 Å². The van der Waals surface area contributed by atoms with Crippen molar-refractivity contribution in [2.24, 2.45) is 0 Å². The average molecular weight is 346 g/mol. The number of rotatable bonds is 3. The maximum absolute atomic E-state index is 12.2. The first-order valence-corrected chi connectivity index (χ1v) is 8.26. The molecule has 0 aliphatic carbocycles. The summed E-state index contributed by atoms with van der Waals surface area (Å²) in [7, 11) is 0. The zero-order chi connectivity index (χ0) is 17.3. The number of aromatic nitrogens is 3. The van der Waals surface area contributed by atoms with Gasteiger partial charge in [-0.1, -0.05) is 0 Å². The predicted molar refractivity (Wildman–Crippen MR) is 93.1 cm³/mol. The van der Waals surface area contributed by atoms with Crippen molar-refractivity contribution >= 4 is 27.6 Å². The van der Waals surface area contributed by atoms with Gasteiger partial charge in [0, 0.05) is 22.8 Å². The molecule has 8 heteroatoms. The fourth-order valence-electron chi connectivity index (χ4n) is 2.16. The van der Waals surface area contributed by atoms with Crippen LogP contribution >= 0.6 is 11.3 Å². The van der Waals surface area contributed by atoms with E-state index in [9.17, 15) is 9.59 Å². The summed E-state index contributed by atoms with van der Waals surface area (Å²) in [6.07, 6.45) is 3.14. The molecule has 0 aromatic carbocycles. The summed E-state index contributed by atoms with van der Waals surface area (Å²) in [6.45, 7) is 5.45. The molecule has 7 nitrogen and oxygen atoms in total. The van der Waals surface area contributed by atoms with Gasteiger partial charge in [0.05, 0.1) is 12.1 Å². The first kappa shape index (κ1) is 16.3. The summed E-state index contributed by atoms with van der Waals surface area (Å²) < 4.78 is 5.72. The molecule has 1 amide bonds. The number of carbonyl (C=O) groups excluding carboxylic acids is 1. The van der Waals surface area contributed by atoms with Gasteiger partial charge in [0.25, 0.3) is 5.56 Å². The maximum atomic E-state index is 12.2. The van der Waals surface area contributed by atoms with Crippen molar-refractivity contribution in [1.29, 1.82) is 0 Å². The highest BCUT2D eigenvalue weighted by Gasteiger charge is 2.16. The Balaban J connectivity index is 1.80. The second kappa shape index (κ2) is 6.12. The Morgan fingerprint density at radius 1 is 1.42 bits per heavy atom. The lowest BCUT2D eigenvalue weighted by atomic mass is 10.2. The summed E-state index contributed by atoms with van der Waals surface area (Å²) in [4.78, 5) is 35.0. The SMILES string of the molecule is CC(C)(C)OC(=O)NCc1nc2cc(-c3cc[nH]c3)sc2c(=O)[nH]1. The minimum atomic E-state index is -0.576. The number of H-pyrrole nitrogens is 2. The highest BCUT2D eigenvalue weighted by atomic mass is 32.1. The monoisotopic (exact) mass is 346 g/mol. The highest BCUT2D eigenvalue weighted by molar-refractivity contribution is 7.22. The van der Waals surface area contributed by atoms with E-state index >= 15 is 0 Å². The van der Waals surface area contributed by atoms with E-state index in [2.05, 4.69) is 20.3 Å². The molecule has 3 N–H and O–H groups in total. The molecule has 3 rings (SSSR count). The molecule has 0 spiro atoms. The number of aromatic amines is 2. The Labute approximate surface area is 142 Å². The van der Waals surface area contributed by atoms with E-state index in [1.165, 1.54) is 11.3 Å². The topological polar surface area (TPSA) is 99.9 Å². The minimum Gasteiger partial charge on any atom is -0.444 e. The lowest BCUT2D eigenvalue weighted by Gasteiger charge is -2.19. The molecule has 0 fully saturated rings. The summed E-state index contributed by atoms with van der Waals surface area (Å²) in [5.41, 5.74) is 0.827. The first-order chi connectivity index (χ1) is 11.3. The smallest absolute Gasteiger partial charge is 0.408 e. The van der Waals surface area contributed by atoms with Crippen LogP contribution in [0.1, 0.15) is 26.6 Å². The fraction of sp³-hybridized carbons (Fsp3) is 0.312. The zero-order valence-electron chi connectivity index (χ0n) is 13.6. The summed E-state index contributed by atoms with van der Waals surface area (Å²) in [5, 5.41) is 2.59. The van der Waals surface area contributed by atoms with Gasteiger partial charge in [-0.25, -0.2) is 9.78 Å². The largest absolute Gasteiger partial charge is 0.444 e. The molecule has 0 aliphatic heterocycles. The number of hydrogen-bond acceptors (Lipinski definition) is 5. The number of alkyl carbamates (subject to hydrolysis) is 1. The van der Waals surface area contributed by atoms with Gasteiger partial charge in [0.2, 0.25) is 0 Å². The Hall–Kier alpha value is -2.61. The van der Waals surface area contributed by atoms with E-state index in [0.717, 1.165) is 10.4 Å². The van der Waals surface area contributed by atoms with Crippen LogP contribution < -0.4 is 10.9 Å². The van der Waals surface area contributed by atoms with Crippen LogP contribution in [0, 0.1) is 0 Å². The average Bonchev–Trinajstić information content (AvgIpc) is 3.12. The van der Waals surface area contributed by atoms with Crippen molar-refractivity contribution in [2.75, 3.05) is 0 Å². The van der Waals surface area contributed by atoms with Crippen molar-refractivity contribution in [1.82, 2.24) is 20.3 Å². The molecule has 3 heterocycles. The standard InChI is InChI=1S/C16H18N4O3S/c1-16(2,3)23-15(22)18-8-12-19-10-6-11(9-4-5-17-7-9)24-13(10)14(21)20-12/h4-7,17H,8H2,1-3H3,(H,18,22)(H,19,20,21). The van der Waals surface area contributed by atoms with Crippen LogP contribution in [0.15, 0.2) is 29.3 Å². The normalized spacial score (nSPS) is 11.6. The molecule has 126 valence electrons. The lowest BCUT2D eigenvalue weighted by Crippen LogP contribution is -2.33. The number of ether oxygens (including phenoxy) is 1. The van der Waals surface area contributed by atoms with Crippen molar-refractivity contribution in [3.05, 3.63) is 40.7 Å². The van der Waals surface area contributed by atoms with Crippen molar-refractivity contribution < 1.29 is 9.53 Å². The van der Waals surface area contributed by atoms with Crippen molar-refractivity contribution in [2.45, 2.75) is 32.9 Å². The summed E-state index contributed by atoms with van der Waals surface area (Å²) in [5.74, 6) is 0.386. The van der Waals surface area contributed by atoms with Gasteiger partial charge in [0.1, 0.15) is 16.1 Å². The third-order valence-corrected chi connectivity index (χ3v) is 4.29. The number of carbonyl (C=O) groups is 1. The zero-order valence-corrected chi connectivity index (χ0v) is 14.4. The number of thiophene rings is 1. The molecular weight excluding hydrogens is 328 g/mol. The van der Waals surface area contributed by atoms with Gasteiger partial charge in [0.15, 0.2) is 0 Å². The molecule has 0 saturated heterocycles. The van der Waals surface area contributed by atoms with Crippen molar-refractivity contribution in [3.63, 3.8) is 0 Å². The highest BCUT2D eigenvalue weighted by Crippen LogP contribution is 2.30. The molecule has 24 heavy (non-hydrogen) atoms. The van der Waals surface area contributed by atoms with E-state index in [-0.39, 0.29) is 12.1 Å². The van der Waals surface area contributed by atoms with Crippen molar-refractivity contribution in [3.8, 4) is 10.4 Å². The van der Waals surface area contributed by atoms with Gasteiger partial charge >= 0.3 is 6.09 Å². The Kier molecular flexibility index (Phi) is 4.15. The molecule has 0 atom stereocenters. The maximum Gasteiger partial charge on any atom is 0.408 e. The van der Waals surface area contributed by atoms with Crippen LogP contribution in [-0.4, -0.2) is 26.6 Å². The predicted octanol–water partition coefficient (Wildman–Crippen LogP) is 3.00. The van der Waals surface area contributed by atoms with E-state index in [4.69, 9.17) is 4.74 Å².